The maximum absolute atomic E-state index is 13.0. The van der Waals surface area contributed by atoms with Crippen LogP contribution in [-0.4, -0.2) is 51.4 Å². The number of aromatic nitrogens is 3. The summed E-state index contributed by atoms with van der Waals surface area (Å²) in [6.07, 6.45) is 7.03. The summed E-state index contributed by atoms with van der Waals surface area (Å²) in [5, 5.41) is 0.929. The van der Waals surface area contributed by atoms with Crippen molar-refractivity contribution in [3.05, 3.63) is 42.3 Å². The van der Waals surface area contributed by atoms with Crippen molar-refractivity contribution in [3.8, 4) is 11.3 Å². The number of fused-ring (bicyclic) bond motifs is 1. The molecule has 2 aliphatic rings. The van der Waals surface area contributed by atoms with E-state index in [-0.39, 0.29) is 18.1 Å². The van der Waals surface area contributed by atoms with E-state index in [1.54, 1.807) is 12.4 Å². The second-order valence-electron chi connectivity index (χ2n) is 8.98. The number of carbonyl (C=O) groups is 1. The van der Waals surface area contributed by atoms with Crippen LogP contribution in [0.15, 0.2) is 35.0 Å². The number of nitrogens with zero attached hydrogens (tertiary/aromatic N) is 4. The van der Waals surface area contributed by atoms with Gasteiger partial charge in [0.25, 0.3) is 0 Å². The predicted molar refractivity (Wildman–Crippen MR) is 115 cm³/mol. The fourth-order valence-corrected chi connectivity index (χ4v) is 4.78. The van der Waals surface area contributed by atoms with Gasteiger partial charge in [0.15, 0.2) is 11.7 Å². The first kappa shape index (κ1) is 20.2. The molecule has 1 saturated heterocycles. The normalized spacial score (nSPS) is 22.5. The highest BCUT2D eigenvalue weighted by Gasteiger charge is 2.31. The van der Waals surface area contributed by atoms with Gasteiger partial charge in [0.1, 0.15) is 17.8 Å². The van der Waals surface area contributed by atoms with Crippen LogP contribution < -0.4 is 0 Å². The highest BCUT2D eigenvalue weighted by atomic mass is 19.1. The molecule has 0 atom stereocenters. The van der Waals surface area contributed by atoms with Gasteiger partial charge in [-0.15, -0.1) is 0 Å². The van der Waals surface area contributed by atoms with Gasteiger partial charge in [-0.05, 0) is 37.7 Å². The van der Waals surface area contributed by atoms with Gasteiger partial charge in [-0.3, -0.25) is 9.69 Å². The maximum atomic E-state index is 13.0. The predicted octanol–water partition coefficient (Wildman–Crippen LogP) is 4.16. The number of aryl methyl sites for hydroxylation is 1. The molecule has 0 unspecified atom stereocenters. The minimum atomic E-state index is -0.643. The largest absolute Gasteiger partial charge is 0.441 e. The molecule has 1 aliphatic carbocycles. The van der Waals surface area contributed by atoms with Crippen molar-refractivity contribution in [1.82, 2.24) is 19.9 Å². The third-order valence-corrected chi connectivity index (χ3v) is 6.60. The van der Waals surface area contributed by atoms with Crippen LogP contribution in [0, 0.1) is 18.8 Å². The van der Waals surface area contributed by atoms with E-state index in [4.69, 9.17) is 4.42 Å². The summed E-state index contributed by atoms with van der Waals surface area (Å²) in [6.45, 7) is 3.95. The summed E-state index contributed by atoms with van der Waals surface area (Å²) in [7, 11) is 0. The average molecular weight is 423 g/mol. The van der Waals surface area contributed by atoms with E-state index < -0.39 is 6.17 Å². The molecule has 0 spiro atoms. The first-order chi connectivity index (χ1) is 15.0. The summed E-state index contributed by atoms with van der Waals surface area (Å²) < 4.78 is 18.6. The van der Waals surface area contributed by atoms with E-state index in [1.165, 1.54) is 0 Å². The summed E-state index contributed by atoms with van der Waals surface area (Å²) in [5.41, 5.74) is 1.71. The number of ketones is 1. The lowest BCUT2D eigenvalue weighted by molar-refractivity contribution is -0.123. The number of carbonyl (C=O) groups excluding carboxylic acids is 1. The quantitative estimate of drug-likeness (QED) is 0.594. The zero-order chi connectivity index (χ0) is 21.4. The topological polar surface area (TPSA) is 72.1 Å². The number of oxazole rings is 1. The molecule has 0 amide bonds. The average Bonchev–Trinajstić information content (AvgIpc) is 3.19. The third-order valence-electron chi connectivity index (χ3n) is 6.60. The molecule has 1 saturated carbocycles. The van der Waals surface area contributed by atoms with Gasteiger partial charge >= 0.3 is 0 Å². The molecule has 1 aliphatic heterocycles. The number of benzene rings is 1. The summed E-state index contributed by atoms with van der Waals surface area (Å²) in [5.74, 6) is 2.80. The number of hydrogen-bond donors (Lipinski definition) is 0. The van der Waals surface area contributed by atoms with Crippen LogP contribution in [0.4, 0.5) is 4.39 Å². The lowest BCUT2D eigenvalue weighted by atomic mass is 9.79. The van der Waals surface area contributed by atoms with Gasteiger partial charge in [0.2, 0.25) is 0 Å². The van der Waals surface area contributed by atoms with E-state index in [0.29, 0.717) is 36.5 Å². The van der Waals surface area contributed by atoms with Crippen LogP contribution in [0.1, 0.15) is 37.4 Å². The van der Waals surface area contributed by atoms with Crippen LogP contribution in [0.5, 0.6) is 0 Å². The zero-order valence-electron chi connectivity index (χ0n) is 17.8. The van der Waals surface area contributed by atoms with Crippen molar-refractivity contribution in [2.45, 2.75) is 45.2 Å². The van der Waals surface area contributed by atoms with Crippen LogP contribution >= 0.6 is 0 Å². The Morgan fingerprint density at radius 1 is 1.16 bits per heavy atom. The number of likely N-dealkylation sites (tertiary alicyclic amines) is 1. The molecule has 1 aromatic carbocycles. The van der Waals surface area contributed by atoms with Gasteiger partial charge in [-0.1, -0.05) is 12.1 Å². The van der Waals surface area contributed by atoms with Gasteiger partial charge in [0, 0.05) is 49.6 Å². The van der Waals surface area contributed by atoms with Gasteiger partial charge in [-0.25, -0.2) is 19.3 Å². The van der Waals surface area contributed by atoms with E-state index in [2.05, 4.69) is 19.9 Å². The summed E-state index contributed by atoms with van der Waals surface area (Å²) >= 11 is 0. The number of halogens is 1. The Balaban J connectivity index is 1.21. The van der Waals surface area contributed by atoms with Crippen molar-refractivity contribution in [2.75, 3.05) is 19.6 Å². The molecular weight excluding hydrogens is 395 g/mol. The molecule has 2 fully saturated rings. The monoisotopic (exact) mass is 422 g/mol. The smallest absolute Gasteiger partial charge is 0.191 e. The lowest BCUT2D eigenvalue weighted by Gasteiger charge is -2.38. The zero-order valence-corrected chi connectivity index (χ0v) is 17.8. The molecule has 2 aromatic heterocycles. The molecule has 6 nitrogen and oxygen atoms in total. The summed E-state index contributed by atoms with van der Waals surface area (Å²) in [6, 6.07) is 5.87. The van der Waals surface area contributed by atoms with Gasteiger partial charge in [0.05, 0.1) is 18.1 Å². The number of hydrogen-bond acceptors (Lipinski definition) is 6. The molecule has 0 bridgehead atoms. The number of Topliss-reactive ketones (excluding diaryl/α,β-unsaturated/α-hetero) is 1. The third kappa shape index (κ3) is 4.51. The molecule has 0 N–H and O–H groups in total. The first-order valence-electron chi connectivity index (χ1n) is 11.1. The van der Waals surface area contributed by atoms with E-state index in [9.17, 15) is 9.18 Å². The summed E-state index contributed by atoms with van der Waals surface area (Å²) in [4.78, 5) is 28.3. The molecular formula is C24H27FN4O2. The van der Waals surface area contributed by atoms with Crippen molar-refractivity contribution in [2.24, 2.45) is 11.8 Å². The van der Waals surface area contributed by atoms with Crippen LogP contribution in [0.2, 0.25) is 0 Å². The SMILES string of the molecule is Cc1ncc(-c2ccc3cnc(CC(=O)C4CCC(CN5CC(F)C5)CC4)nc3c2)o1. The lowest BCUT2D eigenvalue weighted by Crippen LogP contribution is -2.50. The highest BCUT2D eigenvalue weighted by molar-refractivity contribution is 5.85. The Kier molecular flexibility index (Phi) is 5.52. The molecule has 7 heteroatoms. The number of alkyl halides is 1. The molecule has 5 rings (SSSR count). The Labute approximate surface area is 180 Å². The fourth-order valence-electron chi connectivity index (χ4n) is 4.78. The highest BCUT2D eigenvalue weighted by Crippen LogP contribution is 2.32. The van der Waals surface area contributed by atoms with Gasteiger partial charge in [-0.2, -0.15) is 0 Å². The van der Waals surface area contributed by atoms with Crippen molar-refractivity contribution in [1.29, 1.82) is 0 Å². The Morgan fingerprint density at radius 2 is 1.97 bits per heavy atom. The number of rotatable bonds is 6. The van der Waals surface area contributed by atoms with Gasteiger partial charge < -0.3 is 4.42 Å². The van der Waals surface area contributed by atoms with Crippen LogP contribution in [-0.2, 0) is 11.2 Å². The fraction of sp³-hybridized carbons (Fsp3) is 0.500. The van der Waals surface area contributed by atoms with Crippen LogP contribution in [0.25, 0.3) is 22.2 Å². The van der Waals surface area contributed by atoms with E-state index >= 15 is 0 Å². The maximum Gasteiger partial charge on any atom is 0.191 e. The van der Waals surface area contributed by atoms with E-state index in [1.807, 2.05) is 25.1 Å². The van der Waals surface area contributed by atoms with Crippen molar-refractivity contribution in [3.63, 3.8) is 0 Å². The van der Waals surface area contributed by atoms with Crippen LogP contribution in [0.3, 0.4) is 0 Å². The molecule has 162 valence electrons. The molecule has 3 heterocycles. The first-order valence-corrected chi connectivity index (χ1v) is 11.1. The van der Waals surface area contributed by atoms with E-state index in [0.717, 1.165) is 48.7 Å². The second kappa shape index (κ2) is 8.46. The molecule has 31 heavy (non-hydrogen) atoms. The Hall–Kier alpha value is -2.67. The minimum Gasteiger partial charge on any atom is -0.441 e. The molecule has 0 radical (unpaired) electrons. The standard InChI is InChI=1S/C24H27FN4O2/c1-15-26-11-23(31-15)18-6-7-19-10-27-24(28-21(19)8-18)9-22(30)17-4-2-16(3-5-17)12-29-13-20(25)14-29/h6-8,10-11,16-17,20H,2-5,9,12-14H2,1H3. The van der Waals surface area contributed by atoms with Crippen molar-refractivity contribution < 1.29 is 13.6 Å². The molecule has 3 aromatic rings. The second-order valence-corrected chi connectivity index (χ2v) is 8.98. The Morgan fingerprint density at radius 3 is 2.68 bits per heavy atom. The minimum absolute atomic E-state index is 0.0874. The Bertz CT molecular complexity index is 1080. The van der Waals surface area contributed by atoms with Crippen molar-refractivity contribution >= 4 is 16.7 Å².